The van der Waals surface area contributed by atoms with Crippen molar-refractivity contribution in [3.05, 3.63) is 40.8 Å². The van der Waals surface area contributed by atoms with Gasteiger partial charge in [0.25, 0.3) is 0 Å². The molecule has 0 aliphatic heterocycles. The number of oxazole rings is 1. The molecule has 0 radical (unpaired) electrons. The van der Waals surface area contributed by atoms with Crippen LogP contribution in [-0.2, 0) is 0 Å². The van der Waals surface area contributed by atoms with Crippen molar-refractivity contribution >= 4 is 11.9 Å². The second kappa shape index (κ2) is 4.72. The van der Waals surface area contributed by atoms with Crippen LogP contribution in [-0.4, -0.2) is 27.1 Å². The number of nitrogens with zero attached hydrogens (tertiary/aromatic N) is 1. The van der Waals surface area contributed by atoms with E-state index in [0.29, 0.717) is 6.07 Å². The number of hydrogen-bond donors (Lipinski definition) is 2. The molecule has 0 spiro atoms. The molecule has 0 saturated heterocycles. The standard InChI is InChI=1S/C12H7F2NO5/c1-4-2-5(7(14)3-6(4)13)10-15-8(11(16)17)9(20-10)12(18)19/h2-3H,1H3,(H,16,17)(H,18,19). The summed E-state index contributed by atoms with van der Waals surface area (Å²) < 4.78 is 31.5. The molecular weight excluding hydrogens is 276 g/mol. The van der Waals surface area contributed by atoms with Crippen molar-refractivity contribution in [2.75, 3.05) is 0 Å². The van der Waals surface area contributed by atoms with Gasteiger partial charge in [-0.05, 0) is 18.6 Å². The number of hydrogen-bond acceptors (Lipinski definition) is 4. The zero-order valence-corrected chi connectivity index (χ0v) is 9.98. The average molecular weight is 283 g/mol. The van der Waals surface area contributed by atoms with Crippen molar-refractivity contribution < 1.29 is 33.0 Å². The fraction of sp³-hybridized carbons (Fsp3) is 0.0833. The Balaban J connectivity index is 2.65. The summed E-state index contributed by atoms with van der Waals surface area (Å²) in [4.78, 5) is 25.1. The Bertz CT molecular complexity index is 691. The summed E-state index contributed by atoms with van der Waals surface area (Å²) in [5.74, 6) is -6.58. The second-order valence-electron chi connectivity index (χ2n) is 3.89. The van der Waals surface area contributed by atoms with E-state index in [-0.39, 0.29) is 11.1 Å². The SMILES string of the molecule is Cc1cc(-c2nc(C(=O)O)c(C(=O)O)o2)c(F)cc1F. The van der Waals surface area contributed by atoms with Crippen molar-refractivity contribution in [2.45, 2.75) is 6.92 Å². The zero-order valence-electron chi connectivity index (χ0n) is 9.98. The summed E-state index contributed by atoms with van der Waals surface area (Å²) in [5, 5.41) is 17.6. The van der Waals surface area contributed by atoms with Crippen molar-refractivity contribution in [3.63, 3.8) is 0 Å². The molecule has 1 aromatic carbocycles. The maximum atomic E-state index is 13.6. The third-order valence-electron chi connectivity index (χ3n) is 2.50. The van der Waals surface area contributed by atoms with Crippen LogP contribution in [0.2, 0.25) is 0 Å². The lowest BCUT2D eigenvalue weighted by Gasteiger charge is -2.01. The summed E-state index contributed by atoms with van der Waals surface area (Å²) in [6.45, 7) is 1.36. The lowest BCUT2D eigenvalue weighted by atomic mass is 10.1. The second-order valence-corrected chi connectivity index (χ2v) is 3.89. The van der Waals surface area contributed by atoms with Gasteiger partial charge in [-0.1, -0.05) is 0 Å². The molecule has 0 atom stereocenters. The lowest BCUT2D eigenvalue weighted by molar-refractivity contribution is 0.0624. The van der Waals surface area contributed by atoms with E-state index in [1.165, 1.54) is 6.92 Å². The number of rotatable bonds is 3. The summed E-state index contributed by atoms with van der Waals surface area (Å²) >= 11 is 0. The van der Waals surface area contributed by atoms with Crippen LogP contribution in [0.1, 0.15) is 26.6 Å². The van der Waals surface area contributed by atoms with Gasteiger partial charge in [0.15, 0.2) is 0 Å². The van der Waals surface area contributed by atoms with Crippen LogP contribution in [0.5, 0.6) is 0 Å². The molecule has 6 nitrogen and oxygen atoms in total. The van der Waals surface area contributed by atoms with E-state index >= 15 is 0 Å². The van der Waals surface area contributed by atoms with E-state index in [9.17, 15) is 18.4 Å². The molecule has 20 heavy (non-hydrogen) atoms. The highest BCUT2D eigenvalue weighted by Crippen LogP contribution is 2.27. The Morgan fingerprint density at radius 3 is 2.30 bits per heavy atom. The van der Waals surface area contributed by atoms with E-state index in [1.807, 2.05) is 0 Å². The molecule has 0 aliphatic rings. The van der Waals surface area contributed by atoms with Gasteiger partial charge in [0.1, 0.15) is 11.6 Å². The molecule has 1 aromatic heterocycles. The van der Waals surface area contributed by atoms with Crippen molar-refractivity contribution in [1.82, 2.24) is 4.98 Å². The third-order valence-corrected chi connectivity index (χ3v) is 2.50. The van der Waals surface area contributed by atoms with Crippen LogP contribution < -0.4 is 0 Å². The van der Waals surface area contributed by atoms with Crippen LogP contribution >= 0.6 is 0 Å². The van der Waals surface area contributed by atoms with Crippen LogP contribution in [0.25, 0.3) is 11.5 Å². The molecule has 0 bridgehead atoms. The van der Waals surface area contributed by atoms with E-state index in [1.54, 1.807) is 0 Å². The van der Waals surface area contributed by atoms with Crippen LogP contribution in [0.4, 0.5) is 8.78 Å². The summed E-state index contributed by atoms with van der Waals surface area (Å²) in [5.41, 5.74) is -1.10. The Morgan fingerprint density at radius 1 is 1.15 bits per heavy atom. The average Bonchev–Trinajstić information content (AvgIpc) is 2.78. The number of aryl methyl sites for hydroxylation is 1. The molecule has 1 heterocycles. The van der Waals surface area contributed by atoms with Gasteiger partial charge in [-0.15, -0.1) is 0 Å². The zero-order chi connectivity index (χ0) is 15.0. The number of aromatic nitrogens is 1. The highest BCUT2D eigenvalue weighted by atomic mass is 19.1. The fourth-order valence-electron chi connectivity index (χ4n) is 1.55. The minimum absolute atomic E-state index is 0.0772. The molecule has 0 saturated carbocycles. The number of benzene rings is 1. The van der Waals surface area contributed by atoms with Gasteiger partial charge in [-0.2, -0.15) is 0 Å². The first-order valence-corrected chi connectivity index (χ1v) is 5.24. The van der Waals surface area contributed by atoms with Crippen LogP contribution in [0.15, 0.2) is 16.5 Å². The first kappa shape index (κ1) is 13.7. The maximum absolute atomic E-state index is 13.6. The number of carboxylic acids is 2. The van der Waals surface area contributed by atoms with Crippen LogP contribution in [0, 0.1) is 18.6 Å². The van der Waals surface area contributed by atoms with Crippen molar-refractivity contribution in [2.24, 2.45) is 0 Å². The maximum Gasteiger partial charge on any atom is 0.374 e. The van der Waals surface area contributed by atoms with Gasteiger partial charge in [0.2, 0.25) is 17.3 Å². The Kier molecular flexibility index (Phi) is 3.23. The number of aromatic carboxylic acids is 2. The summed E-state index contributed by atoms with van der Waals surface area (Å²) in [6, 6.07) is 1.63. The monoisotopic (exact) mass is 283 g/mol. The molecule has 8 heteroatoms. The molecule has 0 unspecified atom stereocenters. The molecule has 2 rings (SSSR count). The number of carbonyl (C=O) groups is 2. The minimum Gasteiger partial charge on any atom is -0.476 e. The molecular formula is C12H7F2NO5. The topological polar surface area (TPSA) is 101 Å². The quantitative estimate of drug-likeness (QED) is 0.896. The fourth-order valence-corrected chi connectivity index (χ4v) is 1.55. The molecule has 0 amide bonds. The van der Waals surface area contributed by atoms with Gasteiger partial charge in [0.05, 0.1) is 5.56 Å². The largest absolute Gasteiger partial charge is 0.476 e. The lowest BCUT2D eigenvalue weighted by Crippen LogP contribution is -2.05. The van der Waals surface area contributed by atoms with Gasteiger partial charge in [-0.3, -0.25) is 0 Å². The molecule has 104 valence electrons. The molecule has 2 N–H and O–H groups in total. The van der Waals surface area contributed by atoms with E-state index in [0.717, 1.165) is 6.07 Å². The number of carboxylic acid groups (broad SMARTS) is 2. The first-order chi connectivity index (χ1) is 9.31. The Hall–Kier alpha value is -2.77. The summed E-state index contributed by atoms with van der Waals surface area (Å²) in [6.07, 6.45) is 0. The molecule has 0 aliphatic carbocycles. The van der Waals surface area contributed by atoms with Gasteiger partial charge in [-0.25, -0.2) is 23.4 Å². The van der Waals surface area contributed by atoms with Crippen LogP contribution in [0.3, 0.4) is 0 Å². The Morgan fingerprint density at radius 2 is 1.80 bits per heavy atom. The predicted octanol–water partition coefficient (Wildman–Crippen LogP) is 2.32. The molecule has 0 fully saturated rings. The van der Waals surface area contributed by atoms with Crippen molar-refractivity contribution in [3.8, 4) is 11.5 Å². The highest BCUT2D eigenvalue weighted by molar-refractivity contribution is 5.98. The van der Waals surface area contributed by atoms with Crippen molar-refractivity contribution in [1.29, 1.82) is 0 Å². The normalized spacial score (nSPS) is 10.6. The summed E-state index contributed by atoms with van der Waals surface area (Å²) in [7, 11) is 0. The van der Waals surface area contributed by atoms with E-state index in [2.05, 4.69) is 4.98 Å². The third kappa shape index (κ3) is 2.22. The molecule has 2 aromatic rings. The predicted molar refractivity (Wildman–Crippen MR) is 60.5 cm³/mol. The first-order valence-electron chi connectivity index (χ1n) is 5.24. The van der Waals surface area contributed by atoms with Gasteiger partial charge >= 0.3 is 11.9 Å². The minimum atomic E-state index is -1.65. The van der Waals surface area contributed by atoms with Gasteiger partial charge < -0.3 is 14.6 Å². The van der Waals surface area contributed by atoms with Gasteiger partial charge in [0, 0.05) is 6.07 Å². The highest BCUT2D eigenvalue weighted by Gasteiger charge is 2.26. The number of halogens is 2. The smallest absolute Gasteiger partial charge is 0.374 e. The Labute approximate surface area is 110 Å². The van der Waals surface area contributed by atoms with E-state index < -0.39 is 40.9 Å². The van der Waals surface area contributed by atoms with E-state index in [4.69, 9.17) is 14.6 Å².